The van der Waals surface area contributed by atoms with Gasteiger partial charge in [-0.15, -0.1) is 0 Å². The molecule has 0 amide bonds. The maximum Gasteiger partial charge on any atom is 0.133 e. The summed E-state index contributed by atoms with van der Waals surface area (Å²) in [4.78, 5) is 11.5. The van der Waals surface area contributed by atoms with E-state index < -0.39 is 6.10 Å². The molecule has 0 aromatic carbocycles. The van der Waals surface area contributed by atoms with Crippen molar-refractivity contribution in [1.82, 2.24) is 0 Å². The van der Waals surface area contributed by atoms with Crippen LogP contribution in [0.1, 0.15) is 46.0 Å². The molecule has 3 N–H and O–H groups in total. The van der Waals surface area contributed by atoms with Crippen LogP contribution in [0.4, 0.5) is 0 Å². The lowest BCUT2D eigenvalue weighted by Gasteiger charge is -2.12. The molecule has 4 heteroatoms. The van der Waals surface area contributed by atoms with Crippen LogP contribution in [0.3, 0.4) is 0 Å². The lowest BCUT2D eigenvalue weighted by molar-refractivity contribution is -0.120. The standard InChI is InChI=1S/C12H24O4/c1-9(6-10(2)14)7-11(15)4-3-5-12(16)8-13/h9-10,12-14,16H,3-8H2,1-2H3/t9?,10-,12+/m0/s1. The predicted molar refractivity (Wildman–Crippen MR) is 62.0 cm³/mol. The highest BCUT2D eigenvalue weighted by atomic mass is 16.3. The van der Waals surface area contributed by atoms with Crippen molar-refractivity contribution in [2.45, 2.75) is 58.2 Å². The Bertz CT molecular complexity index is 191. The topological polar surface area (TPSA) is 77.8 Å². The highest BCUT2D eigenvalue weighted by Crippen LogP contribution is 2.13. The first-order chi connectivity index (χ1) is 7.45. The van der Waals surface area contributed by atoms with Gasteiger partial charge >= 0.3 is 0 Å². The molecule has 0 fully saturated rings. The first-order valence-electron chi connectivity index (χ1n) is 5.94. The quantitative estimate of drug-likeness (QED) is 0.551. The molecule has 0 aromatic heterocycles. The average Bonchev–Trinajstić information content (AvgIpc) is 2.15. The summed E-state index contributed by atoms with van der Waals surface area (Å²) in [5.74, 6) is 0.369. The summed E-state index contributed by atoms with van der Waals surface area (Å²) in [6.45, 7) is 3.43. The van der Waals surface area contributed by atoms with Crippen molar-refractivity contribution in [2.75, 3.05) is 6.61 Å². The second kappa shape index (κ2) is 8.67. The van der Waals surface area contributed by atoms with Gasteiger partial charge in [-0.2, -0.15) is 0 Å². The Morgan fingerprint density at radius 3 is 2.38 bits per heavy atom. The average molecular weight is 232 g/mol. The normalized spacial score (nSPS) is 16.8. The number of rotatable bonds is 9. The van der Waals surface area contributed by atoms with Crippen molar-refractivity contribution >= 4 is 5.78 Å². The monoisotopic (exact) mass is 232 g/mol. The fourth-order valence-electron chi connectivity index (χ4n) is 1.78. The number of aliphatic hydroxyl groups is 3. The number of carbonyl (C=O) groups excluding carboxylic acids is 1. The number of aliphatic hydroxyl groups excluding tert-OH is 3. The van der Waals surface area contributed by atoms with Gasteiger partial charge < -0.3 is 15.3 Å². The Morgan fingerprint density at radius 2 is 1.88 bits per heavy atom. The fourth-order valence-corrected chi connectivity index (χ4v) is 1.78. The maximum atomic E-state index is 11.5. The molecule has 0 aliphatic heterocycles. The summed E-state index contributed by atoms with van der Waals surface area (Å²) in [7, 11) is 0. The van der Waals surface area contributed by atoms with Crippen molar-refractivity contribution in [3.8, 4) is 0 Å². The molecule has 0 aliphatic rings. The molecule has 1 unspecified atom stereocenters. The molecule has 0 spiro atoms. The van der Waals surface area contributed by atoms with E-state index in [2.05, 4.69) is 0 Å². The predicted octanol–water partition coefficient (Wildman–Crippen LogP) is 0.876. The summed E-state index contributed by atoms with van der Waals surface area (Å²) in [6.07, 6.45) is 1.59. The van der Waals surface area contributed by atoms with Crippen LogP contribution in [-0.2, 0) is 4.79 Å². The van der Waals surface area contributed by atoms with Crippen LogP contribution in [0.5, 0.6) is 0 Å². The van der Waals surface area contributed by atoms with Gasteiger partial charge in [-0.3, -0.25) is 4.79 Å². The summed E-state index contributed by atoms with van der Waals surface area (Å²) in [5, 5.41) is 26.8. The van der Waals surface area contributed by atoms with Crippen molar-refractivity contribution < 1.29 is 20.1 Å². The van der Waals surface area contributed by atoms with Crippen molar-refractivity contribution in [1.29, 1.82) is 0 Å². The molecular formula is C12H24O4. The highest BCUT2D eigenvalue weighted by molar-refractivity contribution is 5.78. The number of hydrogen-bond acceptors (Lipinski definition) is 4. The minimum absolute atomic E-state index is 0.165. The van der Waals surface area contributed by atoms with Gasteiger partial charge in [0.05, 0.1) is 18.8 Å². The van der Waals surface area contributed by atoms with E-state index in [4.69, 9.17) is 15.3 Å². The van der Waals surface area contributed by atoms with Gasteiger partial charge in [0, 0.05) is 12.8 Å². The van der Waals surface area contributed by atoms with Gasteiger partial charge in [0.15, 0.2) is 0 Å². The summed E-state index contributed by atoms with van der Waals surface area (Å²) in [5.41, 5.74) is 0. The Balaban J connectivity index is 3.58. The number of hydrogen-bond donors (Lipinski definition) is 3. The molecule has 0 saturated heterocycles. The van der Waals surface area contributed by atoms with Crippen LogP contribution in [-0.4, -0.2) is 39.9 Å². The molecule has 4 nitrogen and oxygen atoms in total. The lowest BCUT2D eigenvalue weighted by atomic mass is 9.96. The van der Waals surface area contributed by atoms with E-state index in [0.717, 1.165) is 0 Å². The SMILES string of the molecule is CC(CC(=O)CCC[C@@H](O)CO)C[C@H](C)O. The van der Waals surface area contributed by atoms with Crippen molar-refractivity contribution in [3.05, 3.63) is 0 Å². The molecule has 3 atom stereocenters. The summed E-state index contributed by atoms with van der Waals surface area (Å²) in [6, 6.07) is 0. The van der Waals surface area contributed by atoms with Gasteiger partial charge in [-0.05, 0) is 32.1 Å². The molecule has 0 rings (SSSR count). The second-order valence-corrected chi connectivity index (χ2v) is 4.66. The van der Waals surface area contributed by atoms with Gasteiger partial charge in [-0.1, -0.05) is 6.92 Å². The van der Waals surface area contributed by atoms with E-state index in [0.29, 0.717) is 32.1 Å². The van der Waals surface area contributed by atoms with Crippen molar-refractivity contribution in [2.24, 2.45) is 5.92 Å². The molecule has 0 radical (unpaired) electrons. The van der Waals surface area contributed by atoms with Crippen LogP contribution in [0.2, 0.25) is 0 Å². The Kier molecular flexibility index (Phi) is 8.43. The van der Waals surface area contributed by atoms with E-state index in [1.54, 1.807) is 6.92 Å². The molecule has 0 saturated carbocycles. The van der Waals surface area contributed by atoms with Gasteiger partial charge in [-0.25, -0.2) is 0 Å². The highest BCUT2D eigenvalue weighted by Gasteiger charge is 2.12. The third kappa shape index (κ3) is 8.83. The molecule has 0 aromatic rings. The van der Waals surface area contributed by atoms with Crippen LogP contribution in [0.25, 0.3) is 0 Å². The largest absolute Gasteiger partial charge is 0.394 e. The van der Waals surface area contributed by atoms with E-state index in [9.17, 15) is 4.79 Å². The molecule has 16 heavy (non-hydrogen) atoms. The minimum atomic E-state index is -0.706. The molecule has 0 heterocycles. The van der Waals surface area contributed by atoms with Gasteiger partial charge in [0.1, 0.15) is 5.78 Å². The first kappa shape index (κ1) is 15.6. The molecular weight excluding hydrogens is 208 g/mol. The fraction of sp³-hybridized carbons (Fsp3) is 0.917. The van der Waals surface area contributed by atoms with Crippen molar-refractivity contribution in [3.63, 3.8) is 0 Å². The van der Waals surface area contributed by atoms with E-state index in [1.807, 2.05) is 6.92 Å². The smallest absolute Gasteiger partial charge is 0.133 e. The molecule has 96 valence electrons. The van der Waals surface area contributed by atoms with Crippen LogP contribution in [0.15, 0.2) is 0 Å². The second-order valence-electron chi connectivity index (χ2n) is 4.66. The van der Waals surface area contributed by atoms with Crippen LogP contribution >= 0.6 is 0 Å². The summed E-state index contributed by atoms with van der Waals surface area (Å²) < 4.78 is 0. The van der Waals surface area contributed by atoms with Gasteiger partial charge in [0.2, 0.25) is 0 Å². The Morgan fingerprint density at radius 1 is 1.25 bits per heavy atom. The third-order valence-electron chi connectivity index (χ3n) is 2.52. The Labute approximate surface area is 97.3 Å². The zero-order valence-corrected chi connectivity index (χ0v) is 10.2. The molecule has 0 aliphatic carbocycles. The number of carbonyl (C=O) groups is 1. The Hall–Kier alpha value is -0.450. The summed E-state index contributed by atoms with van der Waals surface area (Å²) >= 11 is 0. The van der Waals surface area contributed by atoms with Crippen LogP contribution in [0, 0.1) is 5.92 Å². The number of Topliss-reactive ketones (excluding diaryl/α,β-unsaturated/α-hetero) is 1. The zero-order chi connectivity index (χ0) is 12.6. The zero-order valence-electron chi connectivity index (χ0n) is 10.2. The minimum Gasteiger partial charge on any atom is -0.394 e. The first-order valence-corrected chi connectivity index (χ1v) is 5.94. The molecule has 0 bridgehead atoms. The maximum absolute atomic E-state index is 11.5. The van der Waals surface area contributed by atoms with Gasteiger partial charge in [0.25, 0.3) is 0 Å². The number of ketones is 1. The van der Waals surface area contributed by atoms with E-state index in [-0.39, 0.29) is 24.4 Å². The van der Waals surface area contributed by atoms with Crippen LogP contribution < -0.4 is 0 Å². The third-order valence-corrected chi connectivity index (χ3v) is 2.52. The van der Waals surface area contributed by atoms with E-state index in [1.165, 1.54) is 0 Å². The van der Waals surface area contributed by atoms with E-state index >= 15 is 0 Å². The lowest BCUT2D eigenvalue weighted by Crippen LogP contribution is -2.14.